The van der Waals surface area contributed by atoms with Crippen molar-refractivity contribution in [3.05, 3.63) is 52.4 Å². The van der Waals surface area contributed by atoms with Crippen LogP contribution in [0, 0.1) is 4.77 Å². The molecule has 0 aliphatic heterocycles. The lowest BCUT2D eigenvalue weighted by Crippen LogP contribution is -2.24. The molecular weight excluding hydrogens is 390 g/mol. The van der Waals surface area contributed by atoms with E-state index in [1.807, 2.05) is 29.5 Å². The molecule has 3 aromatic heterocycles. The first kappa shape index (κ1) is 18.0. The number of rotatable bonds is 6. The van der Waals surface area contributed by atoms with Gasteiger partial charge in [0.05, 0.1) is 29.1 Å². The summed E-state index contributed by atoms with van der Waals surface area (Å²) in [5.41, 5.74) is 0.980. The molecule has 3 heterocycles. The highest BCUT2D eigenvalue weighted by molar-refractivity contribution is 7.71. The van der Waals surface area contributed by atoms with E-state index in [2.05, 4.69) is 15.1 Å². The Morgan fingerprint density at radius 3 is 2.78 bits per heavy atom. The Morgan fingerprint density at radius 2 is 2.04 bits per heavy atom. The first-order valence-electron chi connectivity index (χ1n) is 8.16. The van der Waals surface area contributed by atoms with Crippen LogP contribution in [0.4, 0.5) is 8.78 Å². The molecule has 0 saturated carbocycles. The van der Waals surface area contributed by atoms with E-state index in [0.29, 0.717) is 34.1 Å². The molecule has 10 heteroatoms. The van der Waals surface area contributed by atoms with Gasteiger partial charge in [-0.25, -0.2) is 9.67 Å². The number of nitrogens with one attached hydrogen (secondary N) is 1. The van der Waals surface area contributed by atoms with E-state index in [1.165, 1.54) is 0 Å². The topological polar surface area (TPSA) is 54.7 Å². The predicted molar refractivity (Wildman–Crippen MR) is 103 cm³/mol. The molecular formula is C17H16F2N6S2. The van der Waals surface area contributed by atoms with Gasteiger partial charge in [-0.15, -0.1) is 11.3 Å². The van der Waals surface area contributed by atoms with Gasteiger partial charge in [0.1, 0.15) is 5.82 Å². The minimum absolute atomic E-state index is 0.244. The molecule has 140 valence electrons. The molecule has 0 amide bonds. The maximum absolute atomic E-state index is 13.6. The van der Waals surface area contributed by atoms with Crippen molar-refractivity contribution in [2.24, 2.45) is 0 Å². The van der Waals surface area contributed by atoms with Gasteiger partial charge in [0.15, 0.2) is 5.82 Å². The number of para-hydroxylation sites is 2. The van der Waals surface area contributed by atoms with Crippen molar-refractivity contribution in [2.45, 2.75) is 19.8 Å². The van der Waals surface area contributed by atoms with Crippen LogP contribution in [-0.2, 0) is 13.2 Å². The molecule has 0 unspecified atom stereocenters. The minimum atomic E-state index is -2.65. The number of aromatic amines is 1. The van der Waals surface area contributed by atoms with E-state index in [1.54, 1.807) is 40.3 Å². The molecule has 4 rings (SSSR count). The molecule has 0 fully saturated rings. The van der Waals surface area contributed by atoms with Crippen LogP contribution < -0.4 is 0 Å². The molecule has 1 N–H and O–H groups in total. The summed E-state index contributed by atoms with van der Waals surface area (Å²) < 4.78 is 30.2. The van der Waals surface area contributed by atoms with Gasteiger partial charge < -0.3 is 0 Å². The van der Waals surface area contributed by atoms with Crippen molar-refractivity contribution < 1.29 is 8.78 Å². The lowest BCUT2D eigenvalue weighted by atomic mass is 10.3. The highest BCUT2D eigenvalue weighted by atomic mass is 32.1. The number of imidazole rings is 1. The molecule has 0 radical (unpaired) electrons. The maximum atomic E-state index is 13.6. The number of H-pyrrole nitrogens is 1. The Morgan fingerprint density at radius 1 is 1.22 bits per heavy atom. The predicted octanol–water partition coefficient (Wildman–Crippen LogP) is 4.50. The molecule has 27 heavy (non-hydrogen) atoms. The molecule has 0 atom stereocenters. The summed E-state index contributed by atoms with van der Waals surface area (Å²) in [6.07, 6.45) is 0. The maximum Gasteiger partial charge on any atom is 0.320 e. The van der Waals surface area contributed by atoms with Crippen LogP contribution in [0.25, 0.3) is 21.7 Å². The number of fused-ring (bicyclic) bond motifs is 1. The van der Waals surface area contributed by atoms with E-state index in [4.69, 9.17) is 12.2 Å². The average Bonchev–Trinajstić information content (AvgIpc) is 3.33. The largest absolute Gasteiger partial charge is 0.320 e. The van der Waals surface area contributed by atoms with E-state index < -0.39 is 6.55 Å². The number of benzene rings is 1. The number of halogens is 2. The molecule has 0 bridgehead atoms. The second kappa shape index (κ2) is 7.29. The monoisotopic (exact) mass is 406 g/mol. The Hall–Kier alpha value is -2.43. The van der Waals surface area contributed by atoms with Crippen LogP contribution in [0.1, 0.15) is 12.4 Å². The Labute approximate surface area is 162 Å². The van der Waals surface area contributed by atoms with Crippen molar-refractivity contribution >= 4 is 34.6 Å². The zero-order chi connectivity index (χ0) is 19.0. The fourth-order valence-electron chi connectivity index (χ4n) is 2.93. The standard InChI is InChI=1S/C17H16F2N6S2/c1-23(10-24-17(26)21-15(22-24)13-7-4-8-27-13)9-14-20-11-5-2-3-6-12(11)25(14)16(18)19/h2-8,16H,9-10H2,1H3,(H,21,22,26). The second-order valence-corrected chi connectivity index (χ2v) is 7.39. The highest BCUT2D eigenvalue weighted by Gasteiger charge is 2.19. The number of hydrogen-bond donors (Lipinski definition) is 1. The Balaban J connectivity index is 1.57. The number of alkyl halides is 2. The summed E-state index contributed by atoms with van der Waals surface area (Å²) in [5.74, 6) is 1.00. The zero-order valence-corrected chi connectivity index (χ0v) is 16.0. The van der Waals surface area contributed by atoms with Gasteiger partial charge in [-0.05, 0) is 42.8 Å². The van der Waals surface area contributed by atoms with Crippen molar-refractivity contribution in [3.63, 3.8) is 0 Å². The van der Waals surface area contributed by atoms with Gasteiger partial charge >= 0.3 is 6.55 Å². The zero-order valence-electron chi connectivity index (χ0n) is 14.3. The summed E-state index contributed by atoms with van der Waals surface area (Å²) in [6.45, 7) is -2.03. The number of hydrogen-bond acceptors (Lipinski definition) is 5. The second-order valence-electron chi connectivity index (χ2n) is 6.08. The summed E-state index contributed by atoms with van der Waals surface area (Å²) in [5, 5.41) is 5.12. The van der Waals surface area contributed by atoms with Gasteiger partial charge in [0.2, 0.25) is 4.77 Å². The van der Waals surface area contributed by atoms with Crippen molar-refractivity contribution in [2.75, 3.05) is 7.05 Å². The highest BCUT2D eigenvalue weighted by Crippen LogP contribution is 2.24. The SMILES string of the molecule is CN(Cc1nc2ccccc2n1C(F)F)Cn1[nH]c(-c2cccs2)nc1=S. The third-order valence-electron chi connectivity index (χ3n) is 4.09. The lowest BCUT2D eigenvalue weighted by Gasteiger charge is -2.17. The number of thiophene rings is 1. The molecule has 0 aliphatic rings. The fourth-order valence-corrected chi connectivity index (χ4v) is 3.79. The molecule has 4 aromatic rings. The van der Waals surface area contributed by atoms with Crippen molar-refractivity contribution in [1.29, 1.82) is 0 Å². The lowest BCUT2D eigenvalue weighted by molar-refractivity contribution is 0.0681. The van der Waals surface area contributed by atoms with Crippen LogP contribution in [0.3, 0.4) is 0 Å². The summed E-state index contributed by atoms with van der Waals surface area (Å²) in [6, 6.07) is 10.8. The van der Waals surface area contributed by atoms with E-state index in [-0.39, 0.29) is 6.54 Å². The van der Waals surface area contributed by atoms with Crippen LogP contribution >= 0.6 is 23.6 Å². The van der Waals surface area contributed by atoms with Crippen LogP contribution in [-0.4, -0.2) is 36.3 Å². The smallest absolute Gasteiger partial charge is 0.280 e. The van der Waals surface area contributed by atoms with Gasteiger partial charge in [-0.3, -0.25) is 14.6 Å². The normalized spacial score (nSPS) is 11.9. The van der Waals surface area contributed by atoms with Crippen LogP contribution in [0.2, 0.25) is 0 Å². The van der Waals surface area contributed by atoms with Crippen molar-refractivity contribution in [1.82, 2.24) is 29.2 Å². The molecule has 1 aromatic carbocycles. The fraction of sp³-hybridized carbons (Fsp3) is 0.235. The average molecular weight is 406 g/mol. The molecule has 0 spiro atoms. The third-order valence-corrected chi connectivity index (χ3v) is 5.28. The van der Waals surface area contributed by atoms with Gasteiger partial charge in [0.25, 0.3) is 0 Å². The van der Waals surface area contributed by atoms with Gasteiger partial charge in [-0.2, -0.15) is 13.8 Å². The Bertz CT molecular complexity index is 1110. The first-order valence-corrected chi connectivity index (χ1v) is 9.45. The van der Waals surface area contributed by atoms with E-state index in [0.717, 1.165) is 9.44 Å². The van der Waals surface area contributed by atoms with Crippen LogP contribution in [0.5, 0.6) is 0 Å². The minimum Gasteiger partial charge on any atom is -0.280 e. The summed E-state index contributed by atoms with van der Waals surface area (Å²) in [7, 11) is 1.82. The summed E-state index contributed by atoms with van der Waals surface area (Å²) in [4.78, 5) is 11.6. The number of aromatic nitrogens is 5. The Kier molecular flexibility index (Phi) is 4.85. The molecule has 6 nitrogen and oxygen atoms in total. The third kappa shape index (κ3) is 3.55. The summed E-state index contributed by atoms with van der Waals surface area (Å²) >= 11 is 6.87. The van der Waals surface area contributed by atoms with E-state index >= 15 is 0 Å². The van der Waals surface area contributed by atoms with Gasteiger partial charge in [-0.1, -0.05) is 18.2 Å². The van der Waals surface area contributed by atoms with E-state index in [9.17, 15) is 8.78 Å². The van der Waals surface area contributed by atoms with Crippen LogP contribution in [0.15, 0.2) is 41.8 Å². The van der Waals surface area contributed by atoms with Crippen molar-refractivity contribution in [3.8, 4) is 10.7 Å². The number of nitrogens with zero attached hydrogens (tertiary/aromatic N) is 5. The first-order chi connectivity index (χ1) is 13.0. The van der Waals surface area contributed by atoms with Gasteiger partial charge in [0, 0.05) is 0 Å². The molecule has 0 aliphatic carbocycles. The quantitative estimate of drug-likeness (QED) is 0.479. The molecule has 0 saturated heterocycles.